The van der Waals surface area contributed by atoms with Crippen molar-refractivity contribution in [2.75, 3.05) is 0 Å². The fourth-order valence-electron chi connectivity index (χ4n) is 2.67. The Morgan fingerprint density at radius 2 is 1.54 bits per heavy atom. The number of hydrogen-bond donors (Lipinski definition) is 0. The van der Waals surface area contributed by atoms with Crippen molar-refractivity contribution in [3.63, 3.8) is 0 Å². The van der Waals surface area contributed by atoms with Crippen LogP contribution in [0.5, 0.6) is 0 Å². The normalized spacial score (nSPS) is 15.0. The zero-order chi connectivity index (χ0) is 18.7. The van der Waals surface area contributed by atoms with Crippen LogP contribution in [0.1, 0.15) is 47.2 Å². The van der Waals surface area contributed by atoms with Crippen molar-refractivity contribution >= 4 is 23.6 Å². The molecule has 1 aliphatic heterocycles. The van der Waals surface area contributed by atoms with Crippen molar-refractivity contribution in [3.8, 4) is 0 Å². The van der Waals surface area contributed by atoms with E-state index in [2.05, 4.69) is 0 Å². The van der Waals surface area contributed by atoms with Crippen LogP contribution in [0.3, 0.4) is 0 Å². The molecule has 0 N–H and O–H groups in total. The van der Waals surface area contributed by atoms with Crippen molar-refractivity contribution in [2.24, 2.45) is 0 Å². The van der Waals surface area contributed by atoms with Crippen LogP contribution in [0, 0.1) is 0 Å². The predicted molar refractivity (Wildman–Crippen MR) is 91.9 cm³/mol. The molecule has 26 heavy (non-hydrogen) atoms. The lowest BCUT2D eigenvalue weighted by Crippen LogP contribution is -2.33. The van der Waals surface area contributed by atoms with Gasteiger partial charge in [0.2, 0.25) is 0 Å². The van der Waals surface area contributed by atoms with Crippen molar-refractivity contribution < 1.29 is 24.0 Å². The van der Waals surface area contributed by atoms with Gasteiger partial charge in [-0.05, 0) is 18.6 Å². The molecule has 3 rings (SSSR count). The minimum Gasteiger partial charge on any atom is -0.330 e. The molecule has 0 radical (unpaired) electrons. The van der Waals surface area contributed by atoms with Gasteiger partial charge in [0.15, 0.2) is 5.78 Å². The highest BCUT2D eigenvalue weighted by molar-refractivity contribution is 6.09. The predicted octanol–water partition coefficient (Wildman–Crippen LogP) is 2.63. The standard InChI is InChI=1S/C20H17NO5/c1-13(20(25)26-21-17(22)10-11-18(21)23)15-8-5-9-16(12-15)19(24)14-6-3-2-4-7-14/h2-9,12-13H,10-11H2,1H3. The quantitative estimate of drug-likeness (QED) is 0.611. The number of amides is 2. The molecule has 0 saturated carbocycles. The van der Waals surface area contributed by atoms with Gasteiger partial charge in [0.05, 0.1) is 5.92 Å². The Bertz CT molecular complexity index is 859. The molecule has 1 saturated heterocycles. The summed E-state index contributed by atoms with van der Waals surface area (Å²) in [6.07, 6.45) is 0.0864. The molecular formula is C20H17NO5. The Kier molecular flexibility index (Phi) is 4.93. The summed E-state index contributed by atoms with van der Waals surface area (Å²) in [5.41, 5.74) is 1.56. The van der Waals surface area contributed by atoms with Crippen molar-refractivity contribution in [3.05, 3.63) is 71.3 Å². The Balaban J connectivity index is 1.77. The van der Waals surface area contributed by atoms with Gasteiger partial charge in [-0.3, -0.25) is 14.4 Å². The minimum absolute atomic E-state index is 0.0432. The number of benzene rings is 2. The second-order valence-electron chi connectivity index (χ2n) is 6.03. The lowest BCUT2D eigenvalue weighted by molar-refractivity contribution is -0.198. The highest BCUT2D eigenvalue weighted by Crippen LogP contribution is 2.22. The summed E-state index contributed by atoms with van der Waals surface area (Å²) in [7, 11) is 0. The highest BCUT2D eigenvalue weighted by atomic mass is 16.7. The van der Waals surface area contributed by atoms with Gasteiger partial charge in [0.1, 0.15) is 0 Å². The molecule has 0 aromatic heterocycles. The van der Waals surface area contributed by atoms with Crippen LogP contribution in [0.4, 0.5) is 0 Å². The maximum absolute atomic E-state index is 12.5. The van der Waals surface area contributed by atoms with Gasteiger partial charge in [-0.1, -0.05) is 48.5 Å². The summed E-state index contributed by atoms with van der Waals surface area (Å²) < 4.78 is 0. The van der Waals surface area contributed by atoms with Gasteiger partial charge >= 0.3 is 5.97 Å². The van der Waals surface area contributed by atoms with E-state index in [1.807, 2.05) is 6.07 Å². The fourth-order valence-corrected chi connectivity index (χ4v) is 2.67. The lowest BCUT2D eigenvalue weighted by atomic mass is 9.96. The summed E-state index contributed by atoms with van der Waals surface area (Å²) in [6, 6.07) is 15.5. The molecule has 2 aromatic rings. The molecule has 0 spiro atoms. The van der Waals surface area contributed by atoms with Crippen LogP contribution in [0.25, 0.3) is 0 Å². The Morgan fingerprint density at radius 1 is 0.923 bits per heavy atom. The maximum atomic E-state index is 12.5. The molecule has 1 fully saturated rings. The van der Waals surface area contributed by atoms with Gasteiger partial charge in [0.25, 0.3) is 11.8 Å². The smallest absolute Gasteiger partial charge is 0.330 e. The molecule has 2 aromatic carbocycles. The number of nitrogens with zero attached hydrogens (tertiary/aromatic N) is 1. The molecule has 1 aliphatic rings. The molecule has 2 amide bonds. The van der Waals surface area contributed by atoms with E-state index < -0.39 is 23.7 Å². The van der Waals surface area contributed by atoms with Gasteiger partial charge in [0, 0.05) is 24.0 Å². The monoisotopic (exact) mass is 351 g/mol. The zero-order valence-electron chi connectivity index (χ0n) is 14.2. The topological polar surface area (TPSA) is 80.8 Å². The lowest BCUT2D eigenvalue weighted by Gasteiger charge is -2.17. The summed E-state index contributed by atoms with van der Waals surface area (Å²) in [5, 5.41) is 0.526. The third-order valence-electron chi connectivity index (χ3n) is 4.23. The van der Waals surface area contributed by atoms with Crippen LogP contribution in [-0.2, 0) is 19.2 Å². The second-order valence-corrected chi connectivity index (χ2v) is 6.03. The van der Waals surface area contributed by atoms with Gasteiger partial charge in [-0.15, -0.1) is 5.06 Å². The summed E-state index contributed by atoms with van der Waals surface area (Å²) in [6.45, 7) is 1.60. The van der Waals surface area contributed by atoms with E-state index in [9.17, 15) is 19.2 Å². The fraction of sp³-hybridized carbons (Fsp3) is 0.200. The summed E-state index contributed by atoms with van der Waals surface area (Å²) in [5.74, 6) is -2.66. The molecule has 1 atom stereocenters. The number of ketones is 1. The summed E-state index contributed by atoms with van der Waals surface area (Å²) in [4.78, 5) is 52.9. The summed E-state index contributed by atoms with van der Waals surface area (Å²) >= 11 is 0. The van der Waals surface area contributed by atoms with E-state index in [0.717, 1.165) is 0 Å². The Hall–Kier alpha value is -3.28. The molecular weight excluding hydrogens is 334 g/mol. The molecule has 0 aliphatic carbocycles. The number of hydroxylamine groups is 2. The van der Waals surface area contributed by atoms with Gasteiger partial charge < -0.3 is 4.84 Å². The number of carbonyl (C=O) groups is 4. The number of rotatable bonds is 5. The van der Waals surface area contributed by atoms with Crippen LogP contribution < -0.4 is 0 Å². The Labute approximate surface area is 150 Å². The molecule has 0 bridgehead atoms. The second kappa shape index (κ2) is 7.31. The van der Waals surface area contributed by atoms with Crippen molar-refractivity contribution in [1.82, 2.24) is 5.06 Å². The Morgan fingerprint density at radius 3 is 2.19 bits per heavy atom. The first-order valence-corrected chi connectivity index (χ1v) is 8.24. The third kappa shape index (κ3) is 3.54. The van der Waals surface area contributed by atoms with Crippen LogP contribution >= 0.6 is 0 Å². The molecule has 6 heteroatoms. The molecule has 6 nitrogen and oxygen atoms in total. The first-order chi connectivity index (χ1) is 12.5. The molecule has 1 heterocycles. The zero-order valence-corrected chi connectivity index (χ0v) is 14.2. The van der Waals surface area contributed by atoms with Crippen LogP contribution in [0.2, 0.25) is 0 Å². The van der Waals surface area contributed by atoms with Crippen LogP contribution in [-0.4, -0.2) is 28.6 Å². The minimum atomic E-state index is -0.736. The number of hydrogen-bond acceptors (Lipinski definition) is 5. The van der Waals surface area contributed by atoms with Gasteiger partial charge in [-0.2, -0.15) is 0 Å². The van der Waals surface area contributed by atoms with E-state index in [1.165, 1.54) is 0 Å². The average molecular weight is 351 g/mol. The van der Waals surface area contributed by atoms with E-state index in [-0.39, 0.29) is 18.6 Å². The van der Waals surface area contributed by atoms with Crippen molar-refractivity contribution in [2.45, 2.75) is 25.7 Å². The van der Waals surface area contributed by atoms with Crippen LogP contribution in [0.15, 0.2) is 54.6 Å². The van der Waals surface area contributed by atoms with Gasteiger partial charge in [-0.25, -0.2) is 4.79 Å². The van der Waals surface area contributed by atoms with E-state index in [0.29, 0.717) is 21.8 Å². The molecule has 132 valence electrons. The number of carbonyl (C=O) groups excluding carboxylic acids is 4. The SMILES string of the molecule is CC(C(=O)ON1C(=O)CCC1=O)c1cccc(C(=O)c2ccccc2)c1. The van der Waals surface area contributed by atoms with E-state index >= 15 is 0 Å². The van der Waals surface area contributed by atoms with E-state index in [1.54, 1.807) is 55.5 Å². The third-order valence-corrected chi connectivity index (χ3v) is 4.23. The van der Waals surface area contributed by atoms with E-state index in [4.69, 9.17) is 4.84 Å². The number of imide groups is 1. The largest absolute Gasteiger partial charge is 0.340 e. The van der Waals surface area contributed by atoms with Crippen molar-refractivity contribution in [1.29, 1.82) is 0 Å². The molecule has 1 unspecified atom stereocenters. The highest BCUT2D eigenvalue weighted by Gasteiger charge is 2.34. The first kappa shape index (κ1) is 17.5. The average Bonchev–Trinajstić information content (AvgIpc) is 2.99. The first-order valence-electron chi connectivity index (χ1n) is 8.24. The maximum Gasteiger partial charge on any atom is 0.340 e.